The van der Waals surface area contributed by atoms with Crippen LogP contribution < -0.4 is 10.6 Å². The van der Waals surface area contributed by atoms with E-state index in [0.29, 0.717) is 28.2 Å². The van der Waals surface area contributed by atoms with Gasteiger partial charge < -0.3 is 15.7 Å². The normalized spacial score (nSPS) is 31.9. The average molecular weight is 299 g/mol. The molecule has 2 aliphatic rings. The molecule has 17 heavy (non-hydrogen) atoms. The number of nitrogens with two attached hydrogens (primary N) is 1. The lowest BCUT2D eigenvalue weighted by molar-refractivity contribution is 0.133. The second kappa shape index (κ2) is 4.10. The summed E-state index contributed by atoms with van der Waals surface area (Å²) >= 11 is 3.33. The Balaban J connectivity index is 1.82. The van der Waals surface area contributed by atoms with E-state index in [1.54, 1.807) is 6.07 Å². The lowest BCUT2D eigenvalue weighted by atomic mass is 10.00. The van der Waals surface area contributed by atoms with Crippen LogP contribution in [-0.2, 0) is 0 Å². The van der Waals surface area contributed by atoms with Gasteiger partial charge in [0.2, 0.25) is 5.95 Å². The third-order valence-electron chi connectivity index (χ3n) is 3.80. The molecular formula is C11H15BrN4O. The van der Waals surface area contributed by atoms with Gasteiger partial charge in [-0.15, -0.1) is 0 Å². The van der Waals surface area contributed by atoms with Gasteiger partial charge in [-0.3, -0.25) is 0 Å². The van der Waals surface area contributed by atoms with Gasteiger partial charge in [0.05, 0.1) is 6.10 Å². The van der Waals surface area contributed by atoms with Gasteiger partial charge in [-0.2, -0.15) is 4.98 Å². The van der Waals surface area contributed by atoms with Crippen LogP contribution >= 0.6 is 15.9 Å². The molecule has 0 amide bonds. The molecule has 6 heteroatoms. The molecule has 3 unspecified atom stereocenters. The molecule has 92 valence electrons. The van der Waals surface area contributed by atoms with Gasteiger partial charge in [0, 0.05) is 25.1 Å². The predicted molar refractivity (Wildman–Crippen MR) is 68.6 cm³/mol. The molecule has 1 aliphatic carbocycles. The summed E-state index contributed by atoms with van der Waals surface area (Å²) in [5.74, 6) is 2.09. The summed E-state index contributed by atoms with van der Waals surface area (Å²) in [5, 5.41) is 9.87. The summed E-state index contributed by atoms with van der Waals surface area (Å²) in [6.45, 7) is 1.76. The predicted octanol–water partition coefficient (Wildman–Crippen LogP) is 1.03. The number of hydrogen-bond donors (Lipinski definition) is 2. The summed E-state index contributed by atoms with van der Waals surface area (Å²) in [5.41, 5.74) is 5.71. The van der Waals surface area contributed by atoms with E-state index >= 15 is 0 Å². The first-order valence-corrected chi connectivity index (χ1v) is 6.66. The van der Waals surface area contributed by atoms with E-state index in [9.17, 15) is 5.11 Å². The van der Waals surface area contributed by atoms with Crippen LogP contribution in [-0.4, -0.2) is 34.3 Å². The Labute approximate surface area is 108 Å². The van der Waals surface area contributed by atoms with Crippen LogP contribution in [0.15, 0.2) is 10.7 Å². The first-order valence-electron chi connectivity index (χ1n) is 5.86. The zero-order valence-electron chi connectivity index (χ0n) is 9.38. The summed E-state index contributed by atoms with van der Waals surface area (Å²) in [6.07, 6.45) is 1.88. The molecule has 1 aromatic heterocycles. The second-order valence-corrected chi connectivity index (χ2v) is 5.70. The molecule has 1 saturated carbocycles. The molecule has 0 spiro atoms. The van der Waals surface area contributed by atoms with Crippen LogP contribution in [0.5, 0.6) is 0 Å². The van der Waals surface area contributed by atoms with Crippen molar-refractivity contribution in [1.29, 1.82) is 0 Å². The number of nitrogen functional groups attached to an aromatic ring is 1. The summed E-state index contributed by atoms with van der Waals surface area (Å²) in [7, 11) is 0. The highest BCUT2D eigenvalue weighted by atomic mass is 79.9. The quantitative estimate of drug-likeness (QED) is 0.758. The van der Waals surface area contributed by atoms with Gasteiger partial charge in [0.1, 0.15) is 10.4 Å². The SMILES string of the molecule is Nc1cc(Br)nc(N2CC3CCC(O)C3C2)n1. The lowest BCUT2D eigenvalue weighted by Crippen LogP contribution is -2.26. The fourth-order valence-corrected chi connectivity index (χ4v) is 3.36. The van der Waals surface area contributed by atoms with Crippen molar-refractivity contribution in [2.45, 2.75) is 18.9 Å². The van der Waals surface area contributed by atoms with Crippen LogP contribution in [0.25, 0.3) is 0 Å². The van der Waals surface area contributed by atoms with Gasteiger partial charge in [-0.25, -0.2) is 4.98 Å². The fraction of sp³-hybridized carbons (Fsp3) is 0.636. The zero-order valence-corrected chi connectivity index (χ0v) is 11.0. The van der Waals surface area contributed by atoms with Crippen molar-refractivity contribution in [1.82, 2.24) is 9.97 Å². The third kappa shape index (κ3) is 1.99. The maximum atomic E-state index is 9.87. The minimum absolute atomic E-state index is 0.158. The topological polar surface area (TPSA) is 75.3 Å². The van der Waals surface area contributed by atoms with Crippen molar-refractivity contribution in [3.05, 3.63) is 10.7 Å². The largest absolute Gasteiger partial charge is 0.393 e. The molecule has 1 aromatic rings. The number of aromatic nitrogens is 2. The van der Waals surface area contributed by atoms with Crippen LogP contribution in [0.2, 0.25) is 0 Å². The molecule has 5 nitrogen and oxygen atoms in total. The maximum absolute atomic E-state index is 9.87. The molecule has 0 bridgehead atoms. The van der Waals surface area contributed by atoms with Gasteiger partial charge >= 0.3 is 0 Å². The molecule has 1 aliphatic heterocycles. The Morgan fingerprint density at radius 1 is 1.35 bits per heavy atom. The van der Waals surface area contributed by atoms with Gasteiger partial charge in [0.15, 0.2) is 0 Å². The molecule has 0 radical (unpaired) electrons. The maximum Gasteiger partial charge on any atom is 0.228 e. The van der Waals surface area contributed by atoms with Crippen molar-refractivity contribution in [3.63, 3.8) is 0 Å². The standard InChI is InChI=1S/C11H15BrN4O/c12-9-3-10(13)15-11(14-9)16-4-6-1-2-8(17)7(6)5-16/h3,6-8,17H,1-2,4-5H2,(H2,13,14,15). The number of anilines is 2. The number of hydrogen-bond acceptors (Lipinski definition) is 5. The Kier molecular flexibility index (Phi) is 2.71. The van der Waals surface area contributed by atoms with Crippen LogP contribution in [0.4, 0.5) is 11.8 Å². The number of fused-ring (bicyclic) bond motifs is 1. The van der Waals surface area contributed by atoms with E-state index in [4.69, 9.17) is 5.73 Å². The number of halogens is 1. The lowest BCUT2D eigenvalue weighted by Gasteiger charge is -2.18. The summed E-state index contributed by atoms with van der Waals surface area (Å²) < 4.78 is 0.706. The van der Waals surface area contributed by atoms with E-state index < -0.39 is 0 Å². The van der Waals surface area contributed by atoms with E-state index in [2.05, 4.69) is 30.8 Å². The first kappa shape index (κ1) is 11.2. The van der Waals surface area contributed by atoms with Crippen molar-refractivity contribution >= 4 is 27.7 Å². The summed E-state index contributed by atoms with van der Waals surface area (Å²) in [4.78, 5) is 10.7. The number of aliphatic hydroxyl groups excluding tert-OH is 1. The van der Waals surface area contributed by atoms with Crippen LogP contribution in [0, 0.1) is 11.8 Å². The monoisotopic (exact) mass is 298 g/mol. The van der Waals surface area contributed by atoms with Crippen molar-refractivity contribution in [2.24, 2.45) is 11.8 Å². The Hall–Kier alpha value is -0.880. The van der Waals surface area contributed by atoms with E-state index in [0.717, 1.165) is 25.9 Å². The molecule has 2 heterocycles. The van der Waals surface area contributed by atoms with Crippen LogP contribution in [0.3, 0.4) is 0 Å². The molecule has 1 saturated heterocycles. The van der Waals surface area contributed by atoms with Crippen molar-refractivity contribution < 1.29 is 5.11 Å². The number of aliphatic hydroxyl groups is 1. The molecule has 0 aromatic carbocycles. The smallest absolute Gasteiger partial charge is 0.228 e. The Bertz CT molecular complexity index is 421. The highest BCUT2D eigenvalue weighted by Gasteiger charge is 2.42. The van der Waals surface area contributed by atoms with E-state index in [1.165, 1.54) is 0 Å². The summed E-state index contributed by atoms with van der Waals surface area (Å²) in [6, 6.07) is 1.69. The van der Waals surface area contributed by atoms with Gasteiger partial charge in [-0.05, 0) is 34.7 Å². The van der Waals surface area contributed by atoms with Gasteiger partial charge in [0.25, 0.3) is 0 Å². The van der Waals surface area contributed by atoms with Crippen molar-refractivity contribution in [3.8, 4) is 0 Å². The Morgan fingerprint density at radius 3 is 2.88 bits per heavy atom. The van der Waals surface area contributed by atoms with Gasteiger partial charge in [-0.1, -0.05) is 0 Å². The third-order valence-corrected chi connectivity index (χ3v) is 4.21. The number of rotatable bonds is 1. The highest BCUT2D eigenvalue weighted by Crippen LogP contribution is 2.39. The first-order chi connectivity index (χ1) is 8.13. The molecular weight excluding hydrogens is 284 g/mol. The minimum atomic E-state index is -0.158. The second-order valence-electron chi connectivity index (χ2n) is 4.89. The molecule has 3 rings (SSSR count). The highest BCUT2D eigenvalue weighted by molar-refractivity contribution is 9.10. The van der Waals surface area contributed by atoms with Crippen molar-refractivity contribution in [2.75, 3.05) is 23.7 Å². The van der Waals surface area contributed by atoms with Crippen LogP contribution in [0.1, 0.15) is 12.8 Å². The molecule has 3 atom stereocenters. The molecule has 2 fully saturated rings. The average Bonchev–Trinajstić information content (AvgIpc) is 2.80. The Morgan fingerprint density at radius 2 is 2.18 bits per heavy atom. The number of nitrogens with zero attached hydrogens (tertiary/aromatic N) is 3. The fourth-order valence-electron chi connectivity index (χ4n) is 2.96. The molecule has 3 N–H and O–H groups in total. The van der Waals surface area contributed by atoms with E-state index in [-0.39, 0.29) is 6.10 Å². The minimum Gasteiger partial charge on any atom is -0.393 e. The zero-order chi connectivity index (χ0) is 12.0. The van der Waals surface area contributed by atoms with E-state index in [1.807, 2.05) is 0 Å².